The van der Waals surface area contributed by atoms with Crippen LogP contribution in [0.3, 0.4) is 0 Å². The molecule has 1 saturated carbocycles. The molecule has 0 unspecified atom stereocenters. The van der Waals surface area contributed by atoms with Crippen molar-refractivity contribution in [2.24, 2.45) is 0 Å². The maximum atomic E-state index is 11.8. The van der Waals surface area contributed by atoms with Crippen LogP contribution in [0.15, 0.2) is 24.3 Å². The van der Waals surface area contributed by atoms with Gasteiger partial charge in [-0.05, 0) is 43.4 Å². The van der Waals surface area contributed by atoms with Gasteiger partial charge in [0.1, 0.15) is 0 Å². The van der Waals surface area contributed by atoms with Gasteiger partial charge in [0.2, 0.25) is 0 Å². The third-order valence-electron chi connectivity index (χ3n) is 3.09. The molecule has 4 heteroatoms. The molecule has 1 aromatic carbocycles. The molecular weight excluding hydrogens is 232 g/mol. The van der Waals surface area contributed by atoms with E-state index in [-0.39, 0.29) is 10.7 Å². The minimum Gasteiger partial charge on any atom is -0.351 e. The maximum absolute atomic E-state index is 11.8. The lowest BCUT2D eigenvalue weighted by atomic mass is 10.1. The molecule has 1 aliphatic carbocycles. The van der Waals surface area contributed by atoms with Gasteiger partial charge in [-0.1, -0.05) is 0 Å². The molecule has 0 atom stereocenters. The summed E-state index contributed by atoms with van der Waals surface area (Å²) in [6, 6.07) is 8.73. The molecule has 1 fully saturated rings. The van der Waals surface area contributed by atoms with E-state index in [1.165, 1.54) is 12.8 Å². The normalized spacial score (nSPS) is 16.0. The van der Waals surface area contributed by atoms with Crippen molar-refractivity contribution in [2.75, 3.05) is 12.8 Å². The third kappa shape index (κ3) is 2.80. The molecule has 1 aliphatic rings. The highest BCUT2D eigenvalue weighted by Crippen LogP contribution is 2.46. The Bertz CT molecular complexity index is 457. The standard InChI is InChI=1S/C13H14N2OS/c1-17-13(6-7-13)9-15-12(16)11-4-2-10(8-14)3-5-11/h2-5H,6-7,9H2,1H3,(H,15,16). The molecule has 2 rings (SSSR count). The van der Waals surface area contributed by atoms with Gasteiger partial charge in [0, 0.05) is 16.9 Å². The van der Waals surface area contributed by atoms with Crippen molar-refractivity contribution in [3.63, 3.8) is 0 Å². The van der Waals surface area contributed by atoms with Gasteiger partial charge in [0.25, 0.3) is 5.91 Å². The van der Waals surface area contributed by atoms with Gasteiger partial charge < -0.3 is 5.32 Å². The number of rotatable bonds is 4. The Morgan fingerprint density at radius 3 is 2.59 bits per heavy atom. The Labute approximate surface area is 105 Å². The zero-order valence-electron chi connectivity index (χ0n) is 9.69. The summed E-state index contributed by atoms with van der Waals surface area (Å²) in [5.41, 5.74) is 1.19. The fourth-order valence-electron chi connectivity index (χ4n) is 1.63. The molecule has 1 amide bonds. The predicted molar refractivity (Wildman–Crippen MR) is 69.0 cm³/mol. The molecule has 0 aliphatic heterocycles. The molecule has 0 radical (unpaired) electrons. The number of amides is 1. The highest BCUT2D eigenvalue weighted by molar-refractivity contribution is 8.00. The monoisotopic (exact) mass is 246 g/mol. The van der Waals surface area contributed by atoms with Crippen LogP contribution in [0.5, 0.6) is 0 Å². The minimum absolute atomic E-state index is 0.0604. The lowest BCUT2D eigenvalue weighted by Crippen LogP contribution is -2.31. The van der Waals surface area contributed by atoms with Gasteiger partial charge >= 0.3 is 0 Å². The number of benzene rings is 1. The lowest BCUT2D eigenvalue weighted by Gasteiger charge is -2.12. The average molecular weight is 246 g/mol. The number of hydrogen-bond acceptors (Lipinski definition) is 3. The highest BCUT2D eigenvalue weighted by Gasteiger charge is 2.41. The molecule has 1 aromatic rings. The Kier molecular flexibility index (Phi) is 3.39. The lowest BCUT2D eigenvalue weighted by molar-refractivity contribution is 0.0953. The first kappa shape index (κ1) is 12.0. The Morgan fingerprint density at radius 2 is 2.12 bits per heavy atom. The van der Waals surface area contributed by atoms with E-state index in [1.54, 1.807) is 24.3 Å². The summed E-state index contributed by atoms with van der Waals surface area (Å²) in [4.78, 5) is 11.8. The van der Waals surface area contributed by atoms with E-state index in [1.807, 2.05) is 17.8 Å². The first-order valence-corrected chi connectivity index (χ1v) is 6.75. The number of nitrogens with one attached hydrogen (secondary N) is 1. The molecule has 3 nitrogen and oxygen atoms in total. The van der Waals surface area contributed by atoms with E-state index in [2.05, 4.69) is 11.6 Å². The fourth-order valence-corrected chi connectivity index (χ4v) is 2.36. The van der Waals surface area contributed by atoms with Crippen LogP contribution in [0.4, 0.5) is 0 Å². The van der Waals surface area contributed by atoms with E-state index in [0.717, 1.165) is 6.54 Å². The zero-order valence-corrected chi connectivity index (χ0v) is 10.5. The Balaban J connectivity index is 1.93. The molecule has 17 heavy (non-hydrogen) atoms. The highest BCUT2D eigenvalue weighted by atomic mass is 32.2. The summed E-state index contributed by atoms with van der Waals surface area (Å²) in [5, 5.41) is 11.6. The van der Waals surface area contributed by atoms with E-state index in [4.69, 9.17) is 5.26 Å². The number of nitrogens with zero attached hydrogens (tertiary/aromatic N) is 1. The van der Waals surface area contributed by atoms with Gasteiger partial charge in [0.15, 0.2) is 0 Å². The van der Waals surface area contributed by atoms with Crippen molar-refractivity contribution in [2.45, 2.75) is 17.6 Å². The molecule has 0 bridgehead atoms. The summed E-state index contributed by atoms with van der Waals surface area (Å²) in [6.07, 6.45) is 4.45. The molecule has 88 valence electrons. The SMILES string of the molecule is CSC1(CNC(=O)c2ccc(C#N)cc2)CC1. The summed E-state index contributed by atoms with van der Waals surface area (Å²) < 4.78 is 0.280. The fraction of sp³-hybridized carbons (Fsp3) is 0.385. The largest absolute Gasteiger partial charge is 0.351 e. The predicted octanol–water partition coefficient (Wildman–Crippen LogP) is 2.18. The van der Waals surface area contributed by atoms with Crippen LogP contribution in [-0.2, 0) is 0 Å². The van der Waals surface area contributed by atoms with Crippen LogP contribution in [0.1, 0.15) is 28.8 Å². The second-order valence-electron chi connectivity index (χ2n) is 4.26. The van der Waals surface area contributed by atoms with Crippen LogP contribution in [-0.4, -0.2) is 23.5 Å². The van der Waals surface area contributed by atoms with Crippen LogP contribution in [0.2, 0.25) is 0 Å². The van der Waals surface area contributed by atoms with Crippen molar-refractivity contribution in [1.82, 2.24) is 5.32 Å². The van der Waals surface area contributed by atoms with Crippen LogP contribution in [0.25, 0.3) is 0 Å². The van der Waals surface area contributed by atoms with Crippen molar-refractivity contribution in [1.29, 1.82) is 5.26 Å². The van der Waals surface area contributed by atoms with E-state index < -0.39 is 0 Å². The third-order valence-corrected chi connectivity index (χ3v) is 4.51. The number of nitriles is 1. The summed E-state index contributed by atoms with van der Waals surface area (Å²) in [7, 11) is 0. The molecule has 0 saturated heterocycles. The number of hydrogen-bond donors (Lipinski definition) is 1. The number of carbonyl (C=O) groups excluding carboxylic acids is 1. The van der Waals surface area contributed by atoms with Gasteiger partial charge in [-0.15, -0.1) is 0 Å². The topological polar surface area (TPSA) is 52.9 Å². The summed E-state index contributed by atoms with van der Waals surface area (Å²) >= 11 is 1.82. The van der Waals surface area contributed by atoms with E-state index >= 15 is 0 Å². The van der Waals surface area contributed by atoms with Crippen molar-refractivity contribution >= 4 is 17.7 Å². The van der Waals surface area contributed by atoms with Crippen molar-refractivity contribution in [3.05, 3.63) is 35.4 Å². The molecule has 0 heterocycles. The number of thioether (sulfide) groups is 1. The van der Waals surface area contributed by atoms with Crippen LogP contribution in [0, 0.1) is 11.3 Å². The summed E-state index contributed by atoms with van der Waals surface area (Å²) in [5.74, 6) is -0.0604. The Hall–Kier alpha value is -1.47. The van der Waals surface area contributed by atoms with Gasteiger partial charge in [0.05, 0.1) is 11.6 Å². The van der Waals surface area contributed by atoms with Crippen LogP contribution < -0.4 is 5.32 Å². The second kappa shape index (κ2) is 4.80. The minimum atomic E-state index is -0.0604. The molecular formula is C13H14N2OS. The maximum Gasteiger partial charge on any atom is 0.251 e. The molecule has 1 N–H and O–H groups in total. The average Bonchev–Trinajstić information content (AvgIpc) is 3.17. The second-order valence-corrected chi connectivity index (χ2v) is 5.53. The first-order valence-electron chi connectivity index (χ1n) is 5.53. The number of carbonyl (C=O) groups is 1. The smallest absolute Gasteiger partial charge is 0.251 e. The summed E-state index contributed by atoms with van der Waals surface area (Å²) in [6.45, 7) is 0.729. The van der Waals surface area contributed by atoms with E-state index in [0.29, 0.717) is 11.1 Å². The zero-order chi connectivity index (χ0) is 12.3. The molecule has 0 aromatic heterocycles. The van der Waals surface area contributed by atoms with Crippen molar-refractivity contribution in [3.8, 4) is 6.07 Å². The quantitative estimate of drug-likeness (QED) is 0.886. The van der Waals surface area contributed by atoms with Gasteiger partial charge in [-0.2, -0.15) is 17.0 Å². The Morgan fingerprint density at radius 1 is 1.47 bits per heavy atom. The van der Waals surface area contributed by atoms with E-state index in [9.17, 15) is 4.79 Å². The molecule has 0 spiro atoms. The first-order chi connectivity index (χ1) is 8.19. The van der Waals surface area contributed by atoms with Gasteiger partial charge in [-0.3, -0.25) is 4.79 Å². The van der Waals surface area contributed by atoms with Crippen LogP contribution >= 0.6 is 11.8 Å². The van der Waals surface area contributed by atoms with Gasteiger partial charge in [-0.25, -0.2) is 0 Å². The van der Waals surface area contributed by atoms with Crippen molar-refractivity contribution < 1.29 is 4.79 Å².